The van der Waals surface area contributed by atoms with Crippen LogP contribution in [0.25, 0.3) is 0 Å². The Labute approximate surface area is 179 Å². The van der Waals surface area contributed by atoms with Crippen molar-refractivity contribution in [3.05, 3.63) is 58.3 Å². The standard InChI is InChI=1S/C20H19Cl2FN2O3S/c21-15-3-1-2-4-18(15)29(27,28)24-10-7-20(8-11-24)9-12-25(19(20)26)14-5-6-17(23)16(22)13-14/h1-6,13H,7-12H2. The number of hydrogen-bond donors (Lipinski definition) is 0. The van der Waals surface area contributed by atoms with Gasteiger partial charge >= 0.3 is 0 Å². The van der Waals surface area contributed by atoms with Gasteiger partial charge in [-0.1, -0.05) is 35.3 Å². The van der Waals surface area contributed by atoms with Crippen LogP contribution in [0.4, 0.5) is 10.1 Å². The van der Waals surface area contributed by atoms with E-state index in [1.165, 1.54) is 28.6 Å². The van der Waals surface area contributed by atoms with Crippen LogP contribution in [0, 0.1) is 11.2 Å². The van der Waals surface area contributed by atoms with Crippen molar-refractivity contribution in [2.75, 3.05) is 24.5 Å². The maximum atomic E-state index is 13.4. The number of halogens is 3. The number of benzene rings is 2. The molecule has 2 aliphatic rings. The molecule has 0 aliphatic carbocycles. The van der Waals surface area contributed by atoms with Crippen molar-refractivity contribution >= 4 is 44.8 Å². The topological polar surface area (TPSA) is 57.7 Å². The number of piperidine rings is 1. The lowest BCUT2D eigenvalue weighted by Gasteiger charge is -2.37. The molecule has 5 nitrogen and oxygen atoms in total. The molecule has 29 heavy (non-hydrogen) atoms. The number of rotatable bonds is 3. The number of sulfonamides is 1. The van der Waals surface area contributed by atoms with E-state index >= 15 is 0 Å². The highest BCUT2D eigenvalue weighted by Gasteiger charge is 2.50. The maximum Gasteiger partial charge on any atom is 0.244 e. The van der Waals surface area contributed by atoms with Crippen LogP contribution in [-0.2, 0) is 14.8 Å². The Morgan fingerprint density at radius 3 is 2.24 bits per heavy atom. The van der Waals surface area contributed by atoms with E-state index in [1.807, 2.05) is 0 Å². The van der Waals surface area contributed by atoms with Gasteiger partial charge in [0, 0.05) is 25.3 Å². The summed E-state index contributed by atoms with van der Waals surface area (Å²) in [4.78, 5) is 14.9. The zero-order chi connectivity index (χ0) is 20.8. The molecule has 1 amide bonds. The van der Waals surface area contributed by atoms with Gasteiger partial charge in [-0.3, -0.25) is 4.79 Å². The summed E-state index contributed by atoms with van der Waals surface area (Å²) in [5.74, 6) is -0.593. The number of carbonyl (C=O) groups is 1. The molecule has 0 unspecified atom stereocenters. The minimum absolute atomic E-state index is 0.0306. The smallest absolute Gasteiger partial charge is 0.244 e. The van der Waals surface area contributed by atoms with Gasteiger partial charge in [0.25, 0.3) is 0 Å². The van der Waals surface area contributed by atoms with Crippen LogP contribution in [0.1, 0.15) is 19.3 Å². The largest absolute Gasteiger partial charge is 0.312 e. The lowest BCUT2D eigenvalue weighted by atomic mass is 9.77. The summed E-state index contributed by atoms with van der Waals surface area (Å²) in [6.45, 7) is 0.993. The summed E-state index contributed by atoms with van der Waals surface area (Å²) < 4.78 is 40.7. The van der Waals surface area contributed by atoms with Crippen LogP contribution < -0.4 is 4.90 Å². The van der Waals surface area contributed by atoms with Crippen molar-refractivity contribution < 1.29 is 17.6 Å². The van der Waals surface area contributed by atoms with Crippen molar-refractivity contribution in [3.8, 4) is 0 Å². The van der Waals surface area contributed by atoms with Gasteiger partial charge in [-0.2, -0.15) is 4.31 Å². The van der Waals surface area contributed by atoms with Gasteiger partial charge in [0.05, 0.1) is 15.5 Å². The fourth-order valence-electron chi connectivity index (χ4n) is 4.13. The Balaban J connectivity index is 1.51. The normalized spacial score (nSPS) is 19.8. The Kier molecular flexibility index (Phi) is 5.36. The molecule has 0 N–H and O–H groups in total. The fourth-order valence-corrected chi connectivity index (χ4v) is 6.24. The second-order valence-electron chi connectivity index (χ2n) is 7.42. The first kappa shape index (κ1) is 20.6. The van der Waals surface area contributed by atoms with Crippen molar-refractivity contribution in [3.63, 3.8) is 0 Å². The molecule has 0 atom stereocenters. The van der Waals surface area contributed by atoms with Crippen LogP contribution in [0.15, 0.2) is 47.4 Å². The van der Waals surface area contributed by atoms with Crippen LogP contribution in [0.5, 0.6) is 0 Å². The van der Waals surface area contributed by atoms with Crippen LogP contribution in [0.2, 0.25) is 10.0 Å². The van der Waals surface area contributed by atoms with E-state index in [0.717, 1.165) is 0 Å². The predicted molar refractivity (Wildman–Crippen MR) is 110 cm³/mol. The molecule has 0 radical (unpaired) electrons. The third-order valence-corrected chi connectivity index (χ3v) is 8.55. The third kappa shape index (κ3) is 3.54. The van der Waals surface area contributed by atoms with E-state index in [0.29, 0.717) is 31.5 Å². The first-order chi connectivity index (χ1) is 13.7. The van der Waals surface area contributed by atoms with Crippen molar-refractivity contribution in [1.29, 1.82) is 0 Å². The second kappa shape index (κ2) is 7.54. The molecule has 0 bridgehead atoms. The number of nitrogens with zero attached hydrogens (tertiary/aromatic N) is 2. The quantitative estimate of drug-likeness (QED) is 0.689. The van der Waals surface area contributed by atoms with Gasteiger partial charge in [-0.25, -0.2) is 12.8 Å². The molecule has 0 saturated carbocycles. The average molecular weight is 457 g/mol. The molecule has 154 valence electrons. The highest BCUT2D eigenvalue weighted by atomic mass is 35.5. The van der Waals surface area contributed by atoms with Crippen molar-refractivity contribution in [2.24, 2.45) is 5.41 Å². The highest BCUT2D eigenvalue weighted by Crippen LogP contribution is 2.44. The Morgan fingerprint density at radius 2 is 1.59 bits per heavy atom. The summed E-state index contributed by atoms with van der Waals surface area (Å²) in [5.41, 5.74) is -0.0442. The minimum atomic E-state index is -3.72. The van der Waals surface area contributed by atoms with E-state index in [-0.39, 0.29) is 33.9 Å². The average Bonchev–Trinajstić information content (AvgIpc) is 3.01. The molecule has 9 heteroatoms. The van der Waals surface area contributed by atoms with Gasteiger partial charge in [0.15, 0.2) is 0 Å². The lowest BCUT2D eigenvalue weighted by molar-refractivity contribution is -0.127. The predicted octanol–water partition coefficient (Wildman–Crippen LogP) is 4.34. The Morgan fingerprint density at radius 1 is 0.931 bits per heavy atom. The molecule has 4 rings (SSSR count). The van der Waals surface area contributed by atoms with Crippen LogP contribution in [-0.4, -0.2) is 38.3 Å². The third-order valence-electron chi connectivity index (χ3n) is 5.86. The molecular weight excluding hydrogens is 438 g/mol. The SMILES string of the molecule is O=C1N(c2ccc(F)c(Cl)c2)CCC12CCN(S(=O)(=O)c1ccccc1Cl)CC2. The van der Waals surface area contributed by atoms with Gasteiger partial charge in [-0.05, 0) is 49.6 Å². The first-order valence-corrected chi connectivity index (χ1v) is 11.5. The van der Waals surface area contributed by atoms with E-state index in [4.69, 9.17) is 23.2 Å². The maximum absolute atomic E-state index is 13.4. The van der Waals surface area contributed by atoms with E-state index in [9.17, 15) is 17.6 Å². The fraction of sp³-hybridized carbons (Fsp3) is 0.350. The van der Waals surface area contributed by atoms with Crippen molar-refractivity contribution in [1.82, 2.24) is 4.31 Å². The molecule has 2 saturated heterocycles. The number of amides is 1. The molecule has 2 heterocycles. The lowest BCUT2D eigenvalue weighted by Crippen LogP contribution is -2.46. The van der Waals surface area contributed by atoms with Gasteiger partial charge in [0.2, 0.25) is 15.9 Å². The summed E-state index contributed by atoms with van der Waals surface area (Å²) in [5, 5.41) is 0.154. The molecule has 2 aromatic carbocycles. The Hall–Kier alpha value is -1.67. The summed E-state index contributed by atoms with van der Waals surface area (Å²) in [6.07, 6.45) is 1.49. The summed E-state index contributed by atoms with van der Waals surface area (Å²) >= 11 is 11.9. The zero-order valence-electron chi connectivity index (χ0n) is 15.4. The molecule has 2 aliphatic heterocycles. The van der Waals surface area contributed by atoms with Crippen LogP contribution >= 0.6 is 23.2 Å². The molecule has 2 fully saturated rings. The van der Waals surface area contributed by atoms with Gasteiger partial charge < -0.3 is 4.90 Å². The monoisotopic (exact) mass is 456 g/mol. The second-order valence-corrected chi connectivity index (χ2v) is 10.1. The molecule has 0 aromatic heterocycles. The zero-order valence-corrected chi connectivity index (χ0v) is 17.8. The van der Waals surface area contributed by atoms with E-state index < -0.39 is 21.3 Å². The minimum Gasteiger partial charge on any atom is -0.312 e. The molecule has 2 aromatic rings. The first-order valence-electron chi connectivity index (χ1n) is 9.26. The molecular formula is C20H19Cl2FN2O3S. The molecule has 1 spiro atoms. The van der Waals surface area contributed by atoms with E-state index in [1.54, 1.807) is 23.1 Å². The van der Waals surface area contributed by atoms with Crippen LogP contribution in [0.3, 0.4) is 0 Å². The summed E-state index contributed by atoms with van der Waals surface area (Å²) in [7, 11) is -3.72. The summed E-state index contributed by atoms with van der Waals surface area (Å²) in [6, 6.07) is 10.6. The number of carbonyl (C=O) groups excluding carboxylic acids is 1. The van der Waals surface area contributed by atoms with Crippen molar-refractivity contribution in [2.45, 2.75) is 24.2 Å². The van der Waals surface area contributed by atoms with Gasteiger partial charge in [-0.15, -0.1) is 0 Å². The Bertz CT molecular complexity index is 1070. The number of anilines is 1. The van der Waals surface area contributed by atoms with Gasteiger partial charge in [0.1, 0.15) is 10.7 Å². The van der Waals surface area contributed by atoms with E-state index in [2.05, 4.69) is 0 Å². The number of hydrogen-bond acceptors (Lipinski definition) is 3. The highest BCUT2D eigenvalue weighted by molar-refractivity contribution is 7.89.